The molecule has 4 aromatic rings. The standard InChI is InChI=1S/C26H20N2O4S2/c29-23-5-1-3-17(25(23)31)15-27-19-7-11-21(12-8-19)33-34-22-13-9-20(10-14-22)28-16-18-4-2-6-24(30)26(18)32/h1-16,29-32H. The molecule has 6 nitrogen and oxygen atoms in total. The van der Waals surface area contributed by atoms with Crippen molar-refractivity contribution in [3.05, 3.63) is 96.1 Å². The molecule has 0 amide bonds. The number of para-hydroxylation sites is 2. The molecular formula is C26H20N2O4S2. The van der Waals surface area contributed by atoms with Crippen LogP contribution in [-0.4, -0.2) is 32.9 Å². The Balaban J connectivity index is 1.33. The Morgan fingerprint density at radius 3 is 1.26 bits per heavy atom. The van der Waals surface area contributed by atoms with Gasteiger partial charge in [0.1, 0.15) is 0 Å². The normalized spacial score (nSPS) is 11.4. The highest BCUT2D eigenvalue weighted by molar-refractivity contribution is 8.76. The van der Waals surface area contributed by atoms with Crippen LogP contribution in [0.2, 0.25) is 0 Å². The van der Waals surface area contributed by atoms with Gasteiger partial charge in [-0.1, -0.05) is 33.7 Å². The van der Waals surface area contributed by atoms with Gasteiger partial charge >= 0.3 is 0 Å². The van der Waals surface area contributed by atoms with E-state index in [4.69, 9.17) is 0 Å². The van der Waals surface area contributed by atoms with Gasteiger partial charge in [0.2, 0.25) is 0 Å². The van der Waals surface area contributed by atoms with Crippen molar-refractivity contribution in [3.8, 4) is 23.0 Å². The van der Waals surface area contributed by atoms with Crippen LogP contribution in [0.25, 0.3) is 0 Å². The zero-order valence-electron chi connectivity index (χ0n) is 17.7. The molecule has 0 aromatic heterocycles. The predicted molar refractivity (Wildman–Crippen MR) is 139 cm³/mol. The molecule has 0 aliphatic heterocycles. The first-order valence-electron chi connectivity index (χ1n) is 10.1. The highest BCUT2D eigenvalue weighted by Gasteiger charge is 2.04. The molecule has 8 heteroatoms. The Hall–Kier alpha value is -3.88. The molecule has 0 spiro atoms. The fourth-order valence-electron chi connectivity index (χ4n) is 2.87. The molecule has 0 radical (unpaired) electrons. The van der Waals surface area contributed by atoms with Crippen LogP contribution in [-0.2, 0) is 0 Å². The van der Waals surface area contributed by atoms with Crippen molar-refractivity contribution in [1.82, 2.24) is 0 Å². The van der Waals surface area contributed by atoms with Crippen LogP contribution >= 0.6 is 21.6 Å². The van der Waals surface area contributed by atoms with Crippen LogP contribution < -0.4 is 0 Å². The number of benzene rings is 4. The Morgan fingerprint density at radius 2 is 0.882 bits per heavy atom. The molecule has 34 heavy (non-hydrogen) atoms. The third kappa shape index (κ3) is 5.92. The topological polar surface area (TPSA) is 106 Å². The number of aliphatic imine (C=N–C) groups is 2. The maximum Gasteiger partial charge on any atom is 0.166 e. The number of hydrogen-bond acceptors (Lipinski definition) is 8. The van der Waals surface area contributed by atoms with E-state index in [-0.39, 0.29) is 23.0 Å². The fourth-order valence-corrected chi connectivity index (χ4v) is 4.80. The molecule has 170 valence electrons. The summed E-state index contributed by atoms with van der Waals surface area (Å²) in [6, 6.07) is 24.9. The molecule has 0 heterocycles. The Labute approximate surface area is 204 Å². The Morgan fingerprint density at radius 1 is 0.500 bits per heavy atom. The first-order chi connectivity index (χ1) is 16.5. The van der Waals surface area contributed by atoms with E-state index in [9.17, 15) is 20.4 Å². The van der Waals surface area contributed by atoms with Gasteiger partial charge in [-0.05, 0) is 72.8 Å². The Kier molecular flexibility index (Phi) is 7.41. The van der Waals surface area contributed by atoms with Crippen molar-refractivity contribution in [2.45, 2.75) is 9.79 Å². The number of phenols is 4. The minimum absolute atomic E-state index is 0.177. The maximum absolute atomic E-state index is 9.84. The molecule has 0 aliphatic carbocycles. The zero-order chi connectivity index (χ0) is 23.9. The van der Waals surface area contributed by atoms with Gasteiger partial charge in [-0.2, -0.15) is 0 Å². The second kappa shape index (κ2) is 10.8. The maximum atomic E-state index is 9.84. The largest absolute Gasteiger partial charge is 0.504 e. The lowest BCUT2D eigenvalue weighted by Crippen LogP contribution is -1.82. The quantitative estimate of drug-likeness (QED) is 0.129. The zero-order valence-corrected chi connectivity index (χ0v) is 19.4. The Bertz CT molecular complexity index is 1230. The van der Waals surface area contributed by atoms with Crippen molar-refractivity contribution < 1.29 is 20.4 Å². The summed E-state index contributed by atoms with van der Waals surface area (Å²) in [5.41, 5.74) is 2.36. The molecule has 4 N–H and O–H groups in total. The molecule has 4 aromatic carbocycles. The van der Waals surface area contributed by atoms with Gasteiger partial charge in [-0.3, -0.25) is 9.98 Å². The summed E-state index contributed by atoms with van der Waals surface area (Å²) in [4.78, 5) is 10.8. The third-order valence-electron chi connectivity index (χ3n) is 4.70. The minimum Gasteiger partial charge on any atom is -0.504 e. The van der Waals surface area contributed by atoms with Gasteiger partial charge in [-0.15, -0.1) is 0 Å². The molecule has 0 aliphatic rings. The summed E-state index contributed by atoms with van der Waals surface area (Å²) < 4.78 is 0. The van der Waals surface area contributed by atoms with Crippen LogP contribution in [0.1, 0.15) is 11.1 Å². The van der Waals surface area contributed by atoms with E-state index in [1.165, 1.54) is 24.6 Å². The van der Waals surface area contributed by atoms with Crippen molar-refractivity contribution in [2.24, 2.45) is 9.98 Å². The average Bonchev–Trinajstić information content (AvgIpc) is 2.86. The molecule has 0 saturated carbocycles. The van der Waals surface area contributed by atoms with E-state index >= 15 is 0 Å². The molecule has 0 unspecified atom stereocenters. The van der Waals surface area contributed by atoms with Gasteiger partial charge in [0, 0.05) is 33.3 Å². The van der Waals surface area contributed by atoms with Crippen molar-refractivity contribution in [1.29, 1.82) is 0 Å². The monoisotopic (exact) mass is 488 g/mol. The van der Waals surface area contributed by atoms with Crippen LogP contribution in [0, 0.1) is 0 Å². The second-order valence-electron chi connectivity index (χ2n) is 7.10. The number of rotatable bonds is 7. The third-order valence-corrected chi connectivity index (χ3v) is 7.12. The minimum atomic E-state index is -0.191. The van der Waals surface area contributed by atoms with Gasteiger partial charge in [-0.25, -0.2) is 0 Å². The number of hydrogen-bond donors (Lipinski definition) is 4. The van der Waals surface area contributed by atoms with E-state index < -0.39 is 0 Å². The fraction of sp³-hybridized carbons (Fsp3) is 0. The average molecular weight is 489 g/mol. The SMILES string of the molecule is Oc1cccc(C=Nc2ccc(SSc3ccc(N=Cc4cccc(O)c4O)cc3)cc2)c1O. The van der Waals surface area contributed by atoms with Crippen molar-refractivity contribution in [2.75, 3.05) is 0 Å². The number of aromatic hydroxyl groups is 4. The summed E-state index contributed by atoms with van der Waals surface area (Å²) in [6.45, 7) is 0. The first-order valence-corrected chi connectivity index (χ1v) is 12.3. The smallest absolute Gasteiger partial charge is 0.166 e. The number of nitrogens with zero attached hydrogens (tertiary/aromatic N) is 2. The molecule has 4 rings (SSSR count). The van der Waals surface area contributed by atoms with Crippen molar-refractivity contribution in [3.63, 3.8) is 0 Å². The highest BCUT2D eigenvalue weighted by Crippen LogP contribution is 2.38. The van der Waals surface area contributed by atoms with Crippen LogP contribution in [0.4, 0.5) is 11.4 Å². The van der Waals surface area contributed by atoms with Gasteiger partial charge in [0.25, 0.3) is 0 Å². The van der Waals surface area contributed by atoms with E-state index in [0.717, 1.165) is 21.2 Å². The summed E-state index contributed by atoms with van der Waals surface area (Å²) in [5, 5.41) is 38.8. The molecule has 0 atom stereocenters. The summed E-state index contributed by atoms with van der Waals surface area (Å²) in [7, 11) is 3.23. The van der Waals surface area contributed by atoms with E-state index in [2.05, 4.69) is 9.98 Å². The lowest BCUT2D eigenvalue weighted by Gasteiger charge is -2.03. The summed E-state index contributed by atoms with van der Waals surface area (Å²) in [6.07, 6.45) is 3.02. The van der Waals surface area contributed by atoms with Gasteiger partial charge < -0.3 is 20.4 Å². The molecule has 0 bridgehead atoms. The number of phenolic OH excluding ortho intramolecular Hbond substituents is 4. The lowest BCUT2D eigenvalue weighted by atomic mass is 10.2. The van der Waals surface area contributed by atoms with Crippen molar-refractivity contribution >= 4 is 45.4 Å². The van der Waals surface area contributed by atoms with Gasteiger partial charge in [0.05, 0.1) is 11.4 Å². The molecular weight excluding hydrogens is 468 g/mol. The van der Waals surface area contributed by atoms with Crippen LogP contribution in [0.3, 0.4) is 0 Å². The molecule has 0 saturated heterocycles. The van der Waals surface area contributed by atoms with Crippen LogP contribution in [0.15, 0.2) is 105 Å². The second-order valence-corrected chi connectivity index (χ2v) is 9.38. The summed E-state index contributed by atoms with van der Waals surface area (Å²) >= 11 is 0. The van der Waals surface area contributed by atoms with Crippen LogP contribution in [0.5, 0.6) is 23.0 Å². The summed E-state index contributed by atoms with van der Waals surface area (Å²) in [5.74, 6) is -0.736. The van der Waals surface area contributed by atoms with E-state index in [1.54, 1.807) is 45.9 Å². The van der Waals surface area contributed by atoms with E-state index in [0.29, 0.717) is 11.1 Å². The highest BCUT2D eigenvalue weighted by atomic mass is 33.1. The lowest BCUT2D eigenvalue weighted by molar-refractivity contribution is 0.403. The van der Waals surface area contributed by atoms with Gasteiger partial charge in [0.15, 0.2) is 23.0 Å². The van der Waals surface area contributed by atoms with E-state index in [1.807, 2.05) is 48.5 Å². The predicted octanol–water partition coefficient (Wildman–Crippen LogP) is 6.81. The molecule has 0 fully saturated rings. The first kappa shape index (κ1) is 23.3.